The van der Waals surface area contributed by atoms with Crippen molar-refractivity contribution in [1.29, 1.82) is 5.41 Å². The van der Waals surface area contributed by atoms with Gasteiger partial charge in [0.1, 0.15) is 11.6 Å². The first-order valence-electron chi connectivity index (χ1n) is 4.85. The third-order valence-corrected chi connectivity index (χ3v) is 2.23. The maximum absolute atomic E-state index is 7.32. The quantitative estimate of drug-likeness (QED) is 0.565. The van der Waals surface area contributed by atoms with E-state index >= 15 is 0 Å². The summed E-state index contributed by atoms with van der Waals surface area (Å²) >= 11 is 0. The highest BCUT2D eigenvalue weighted by Gasteiger charge is 2.10. The van der Waals surface area contributed by atoms with Crippen molar-refractivity contribution in [2.75, 3.05) is 18.5 Å². The maximum Gasteiger partial charge on any atom is 0.131 e. The first-order valence-corrected chi connectivity index (χ1v) is 4.85. The highest BCUT2D eigenvalue weighted by atomic mass is 15.2. The lowest BCUT2D eigenvalue weighted by Crippen LogP contribution is -2.32. The maximum atomic E-state index is 7.32. The Morgan fingerprint density at radius 3 is 2.87 bits per heavy atom. The van der Waals surface area contributed by atoms with Gasteiger partial charge in [0.25, 0.3) is 0 Å². The second-order valence-corrected chi connectivity index (χ2v) is 3.70. The molecule has 82 valence electrons. The lowest BCUT2D eigenvalue weighted by atomic mass is 10.1. The molecule has 1 aromatic rings. The van der Waals surface area contributed by atoms with Gasteiger partial charge >= 0.3 is 0 Å². The Morgan fingerprint density at radius 1 is 1.67 bits per heavy atom. The summed E-state index contributed by atoms with van der Waals surface area (Å²) in [7, 11) is 1.93. The summed E-state index contributed by atoms with van der Waals surface area (Å²) in [5.74, 6) is 1.84. The van der Waals surface area contributed by atoms with Crippen LogP contribution in [0, 0.1) is 18.3 Å². The minimum atomic E-state index is 0.0327. The summed E-state index contributed by atoms with van der Waals surface area (Å²) < 4.78 is 0. The van der Waals surface area contributed by atoms with Gasteiger partial charge in [0, 0.05) is 25.7 Å². The van der Waals surface area contributed by atoms with Gasteiger partial charge in [-0.1, -0.05) is 6.92 Å². The van der Waals surface area contributed by atoms with Crippen LogP contribution in [0.5, 0.6) is 0 Å². The summed E-state index contributed by atoms with van der Waals surface area (Å²) in [6, 6.07) is 1.85. The molecular weight excluding hydrogens is 190 g/mol. The molecule has 1 heterocycles. The molecule has 0 amide bonds. The Bertz CT molecular complexity index is 349. The Kier molecular flexibility index (Phi) is 3.60. The van der Waals surface area contributed by atoms with Gasteiger partial charge in [0.05, 0.1) is 5.84 Å². The van der Waals surface area contributed by atoms with Crippen LogP contribution in [0.15, 0.2) is 12.3 Å². The fraction of sp³-hybridized carbons (Fsp3) is 0.500. The van der Waals surface area contributed by atoms with E-state index in [0.717, 1.165) is 11.6 Å². The first kappa shape index (κ1) is 11.4. The molecule has 0 saturated carbocycles. The predicted molar refractivity (Wildman–Crippen MR) is 61.1 cm³/mol. The molecule has 1 atom stereocenters. The molecular formula is C10H17N5. The van der Waals surface area contributed by atoms with Crippen molar-refractivity contribution in [3.8, 4) is 0 Å². The largest absolute Gasteiger partial charge is 0.387 e. The highest BCUT2D eigenvalue weighted by molar-refractivity contribution is 5.79. The number of aromatic nitrogens is 2. The molecule has 0 spiro atoms. The summed E-state index contributed by atoms with van der Waals surface area (Å²) in [5.41, 5.74) is 5.42. The van der Waals surface area contributed by atoms with Gasteiger partial charge < -0.3 is 10.6 Å². The Hall–Kier alpha value is -1.65. The van der Waals surface area contributed by atoms with Crippen LogP contribution in [-0.2, 0) is 0 Å². The summed E-state index contributed by atoms with van der Waals surface area (Å²) in [5, 5.41) is 7.32. The molecule has 5 heteroatoms. The van der Waals surface area contributed by atoms with Crippen LogP contribution in [0.4, 0.5) is 5.82 Å². The van der Waals surface area contributed by atoms with E-state index in [-0.39, 0.29) is 11.8 Å². The van der Waals surface area contributed by atoms with Crippen molar-refractivity contribution in [2.24, 2.45) is 11.7 Å². The van der Waals surface area contributed by atoms with Crippen molar-refractivity contribution in [3.63, 3.8) is 0 Å². The summed E-state index contributed by atoms with van der Waals surface area (Å²) in [6.07, 6.45) is 1.73. The van der Waals surface area contributed by atoms with Crippen molar-refractivity contribution in [2.45, 2.75) is 13.8 Å². The molecule has 0 fully saturated rings. The Labute approximate surface area is 89.8 Å². The molecule has 3 N–H and O–H groups in total. The zero-order valence-electron chi connectivity index (χ0n) is 9.36. The minimum absolute atomic E-state index is 0.0327. The monoisotopic (exact) mass is 207 g/mol. The fourth-order valence-corrected chi connectivity index (χ4v) is 1.26. The smallest absolute Gasteiger partial charge is 0.131 e. The van der Waals surface area contributed by atoms with Crippen molar-refractivity contribution >= 4 is 11.7 Å². The van der Waals surface area contributed by atoms with Crippen LogP contribution in [0.1, 0.15) is 12.7 Å². The Morgan fingerprint density at radius 2 is 2.33 bits per heavy atom. The van der Waals surface area contributed by atoms with E-state index in [2.05, 4.69) is 9.97 Å². The second-order valence-electron chi connectivity index (χ2n) is 3.70. The van der Waals surface area contributed by atoms with Gasteiger partial charge in [-0.3, -0.25) is 5.41 Å². The van der Waals surface area contributed by atoms with E-state index < -0.39 is 0 Å². The molecule has 1 aromatic heterocycles. The number of hydrogen-bond acceptors (Lipinski definition) is 4. The van der Waals surface area contributed by atoms with Crippen LogP contribution in [0.25, 0.3) is 0 Å². The minimum Gasteiger partial charge on any atom is -0.387 e. The third-order valence-electron chi connectivity index (χ3n) is 2.23. The van der Waals surface area contributed by atoms with E-state index in [1.54, 1.807) is 6.20 Å². The number of aryl methyl sites for hydroxylation is 1. The molecule has 15 heavy (non-hydrogen) atoms. The SMILES string of the molecule is Cc1nccc(N(C)CC(C)C(=N)N)n1. The number of nitrogens with one attached hydrogen (secondary N) is 1. The molecule has 1 rings (SSSR count). The van der Waals surface area contributed by atoms with Crippen LogP contribution in [-0.4, -0.2) is 29.4 Å². The van der Waals surface area contributed by atoms with Gasteiger partial charge in [-0.25, -0.2) is 9.97 Å². The molecule has 5 nitrogen and oxygen atoms in total. The van der Waals surface area contributed by atoms with Crippen LogP contribution < -0.4 is 10.6 Å². The fourth-order valence-electron chi connectivity index (χ4n) is 1.26. The van der Waals surface area contributed by atoms with E-state index in [0.29, 0.717) is 6.54 Å². The second kappa shape index (κ2) is 4.72. The first-order chi connectivity index (χ1) is 7.00. The van der Waals surface area contributed by atoms with Crippen molar-refractivity contribution < 1.29 is 0 Å². The number of rotatable bonds is 4. The highest BCUT2D eigenvalue weighted by Crippen LogP contribution is 2.09. The van der Waals surface area contributed by atoms with Gasteiger partial charge in [-0.15, -0.1) is 0 Å². The van der Waals surface area contributed by atoms with E-state index in [1.807, 2.05) is 31.9 Å². The number of nitrogens with two attached hydrogens (primary N) is 1. The van der Waals surface area contributed by atoms with E-state index in [9.17, 15) is 0 Å². The molecule has 0 aliphatic rings. The zero-order chi connectivity index (χ0) is 11.4. The summed E-state index contributed by atoms with van der Waals surface area (Å²) in [6.45, 7) is 4.46. The normalized spacial score (nSPS) is 12.2. The molecule has 0 saturated heterocycles. The van der Waals surface area contributed by atoms with Gasteiger partial charge in [-0.05, 0) is 13.0 Å². The number of amidine groups is 1. The lowest BCUT2D eigenvalue weighted by molar-refractivity contribution is 0.720. The van der Waals surface area contributed by atoms with Gasteiger partial charge in [0.2, 0.25) is 0 Å². The van der Waals surface area contributed by atoms with Crippen molar-refractivity contribution in [3.05, 3.63) is 18.1 Å². The summed E-state index contributed by atoms with van der Waals surface area (Å²) in [4.78, 5) is 10.3. The number of anilines is 1. The predicted octanol–water partition coefficient (Wildman–Crippen LogP) is 0.793. The van der Waals surface area contributed by atoms with E-state index in [1.165, 1.54) is 0 Å². The molecule has 0 aliphatic carbocycles. The average molecular weight is 207 g/mol. The molecule has 0 bridgehead atoms. The van der Waals surface area contributed by atoms with E-state index in [4.69, 9.17) is 11.1 Å². The Balaban J connectivity index is 2.68. The topological polar surface area (TPSA) is 78.9 Å². The van der Waals surface area contributed by atoms with Crippen LogP contribution >= 0.6 is 0 Å². The van der Waals surface area contributed by atoms with Crippen LogP contribution in [0.3, 0.4) is 0 Å². The molecule has 1 unspecified atom stereocenters. The lowest BCUT2D eigenvalue weighted by Gasteiger charge is -2.21. The molecule has 0 radical (unpaired) electrons. The standard InChI is InChI=1S/C10H17N5/c1-7(10(11)12)6-15(3)9-4-5-13-8(2)14-9/h4-5,7H,6H2,1-3H3,(H3,11,12). The van der Waals surface area contributed by atoms with Gasteiger partial charge in [0.15, 0.2) is 0 Å². The third kappa shape index (κ3) is 3.19. The molecule has 0 aliphatic heterocycles. The number of nitrogens with zero attached hydrogens (tertiary/aromatic N) is 3. The average Bonchev–Trinajstić information content (AvgIpc) is 2.17. The van der Waals surface area contributed by atoms with Crippen molar-refractivity contribution in [1.82, 2.24) is 9.97 Å². The van der Waals surface area contributed by atoms with Gasteiger partial charge in [-0.2, -0.15) is 0 Å². The van der Waals surface area contributed by atoms with Crippen LogP contribution in [0.2, 0.25) is 0 Å². The molecule has 0 aromatic carbocycles. The zero-order valence-corrected chi connectivity index (χ0v) is 9.36. The number of hydrogen-bond donors (Lipinski definition) is 2.